The van der Waals surface area contributed by atoms with E-state index < -0.39 is 0 Å². The number of rotatable bonds is 6. The highest BCUT2D eigenvalue weighted by atomic mass is 16.1. The highest BCUT2D eigenvalue weighted by molar-refractivity contribution is 6.39. The summed E-state index contributed by atoms with van der Waals surface area (Å²) in [5, 5.41) is 0. The Kier molecular flexibility index (Phi) is 6.41. The van der Waals surface area contributed by atoms with E-state index in [-0.39, 0.29) is 5.78 Å². The molecule has 0 aromatic rings. The Hall–Kier alpha value is -0.700. The third-order valence-electron chi connectivity index (χ3n) is 1.83. The fraction of sp³-hybridized carbons (Fsp3) is 0.800. The predicted octanol–water partition coefficient (Wildman–Crippen LogP) is 1.38. The first-order valence-electron chi connectivity index (χ1n) is 4.83. The lowest BCUT2D eigenvalue weighted by Gasteiger charge is -2.07. The Morgan fingerprint density at radius 1 is 1.23 bits per heavy atom. The summed E-state index contributed by atoms with van der Waals surface area (Å²) in [5.74, 6) is 0.182. The van der Waals surface area contributed by atoms with Gasteiger partial charge in [-0.25, -0.2) is 0 Å². The minimum Gasteiger partial charge on any atom is -0.308 e. The number of hydrogen-bond acceptors (Lipinski definition) is 3. The van der Waals surface area contributed by atoms with Crippen molar-refractivity contribution < 1.29 is 4.79 Å². The quantitative estimate of drug-likeness (QED) is 0.584. The van der Waals surface area contributed by atoms with Crippen molar-refractivity contribution >= 4 is 11.5 Å². The van der Waals surface area contributed by atoms with Crippen LogP contribution in [-0.2, 0) is 4.79 Å². The van der Waals surface area contributed by atoms with Crippen LogP contribution in [0.4, 0.5) is 0 Å². The van der Waals surface area contributed by atoms with E-state index in [0.29, 0.717) is 6.42 Å². The average molecular weight is 184 g/mol. The number of aliphatic imine (C=N–C) groups is 1. The molecule has 0 saturated heterocycles. The topological polar surface area (TPSA) is 32.7 Å². The molecule has 0 aromatic carbocycles. The van der Waals surface area contributed by atoms with Crippen LogP contribution in [0, 0.1) is 0 Å². The number of ketones is 1. The van der Waals surface area contributed by atoms with E-state index in [1.807, 2.05) is 27.9 Å². The van der Waals surface area contributed by atoms with Crippen molar-refractivity contribution in [3.05, 3.63) is 0 Å². The van der Waals surface area contributed by atoms with Gasteiger partial charge in [-0.05, 0) is 20.5 Å². The molecular formula is C10H20N2O. The fourth-order valence-electron chi connectivity index (χ4n) is 0.986. The van der Waals surface area contributed by atoms with Crippen LogP contribution in [0.2, 0.25) is 0 Å². The monoisotopic (exact) mass is 184 g/mol. The summed E-state index contributed by atoms with van der Waals surface area (Å²) < 4.78 is 0. The Bertz CT molecular complexity index is 185. The molecule has 0 aliphatic carbocycles. The van der Waals surface area contributed by atoms with E-state index in [1.165, 1.54) is 0 Å². The molecule has 0 aromatic heterocycles. The summed E-state index contributed by atoms with van der Waals surface area (Å²) in [4.78, 5) is 17.6. The van der Waals surface area contributed by atoms with Crippen molar-refractivity contribution in [2.75, 3.05) is 27.2 Å². The van der Waals surface area contributed by atoms with Crippen LogP contribution in [0.1, 0.15) is 26.7 Å². The molecule has 0 amide bonds. The Balaban J connectivity index is 4.00. The van der Waals surface area contributed by atoms with Gasteiger partial charge in [0.25, 0.3) is 0 Å². The lowest BCUT2D eigenvalue weighted by atomic mass is 10.1. The molecule has 0 heterocycles. The predicted molar refractivity (Wildman–Crippen MR) is 56.4 cm³/mol. The Morgan fingerprint density at radius 3 is 2.23 bits per heavy atom. The molecule has 13 heavy (non-hydrogen) atoms. The maximum absolute atomic E-state index is 11.3. The second-order valence-corrected chi connectivity index (χ2v) is 3.26. The van der Waals surface area contributed by atoms with Gasteiger partial charge < -0.3 is 4.90 Å². The largest absolute Gasteiger partial charge is 0.308 e. The van der Waals surface area contributed by atoms with Gasteiger partial charge >= 0.3 is 0 Å². The van der Waals surface area contributed by atoms with Crippen molar-refractivity contribution in [2.45, 2.75) is 26.7 Å². The second-order valence-electron chi connectivity index (χ2n) is 3.26. The minimum atomic E-state index is 0.182. The van der Waals surface area contributed by atoms with Gasteiger partial charge in [0.05, 0.1) is 12.3 Å². The number of hydrogen-bond donors (Lipinski definition) is 0. The van der Waals surface area contributed by atoms with Crippen molar-refractivity contribution in [2.24, 2.45) is 4.99 Å². The molecule has 0 saturated carbocycles. The normalized spacial score (nSPS) is 12.2. The average Bonchev–Trinajstić information content (AvgIpc) is 2.11. The SMILES string of the molecule is CCC(=O)C(CC)=NCCN(C)C. The van der Waals surface area contributed by atoms with Crippen LogP contribution in [-0.4, -0.2) is 43.6 Å². The van der Waals surface area contributed by atoms with Crippen LogP contribution in [0.5, 0.6) is 0 Å². The molecular weight excluding hydrogens is 164 g/mol. The first-order chi connectivity index (χ1) is 6.11. The van der Waals surface area contributed by atoms with Crippen molar-refractivity contribution in [3.63, 3.8) is 0 Å². The van der Waals surface area contributed by atoms with Gasteiger partial charge in [-0.3, -0.25) is 9.79 Å². The summed E-state index contributed by atoms with van der Waals surface area (Å²) >= 11 is 0. The third kappa shape index (κ3) is 5.53. The number of likely N-dealkylation sites (N-methyl/N-ethyl adjacent to an activating group) is 1. The summed E-state index contributed by atoms with van der Waals surface area (Å²) in [6.07, 6.45) is 1.31. The molecule has 3 nitrogen and oxygen atoms in total. The van der Waals surface area contributed by atoms with Crippen LogP contribution < -0.4 is 0 Å². The van der Waals surface area contributed by atoms with Crippen LogP contribution in [0.3, 0.4) is 0 Å². The van der Waals surface area contributed by atoms with Gasteiger partial charge in [-0.15, -0.1) is 0 Å². The zero-order valence-corrected chi connectivity index (χ0v) is 9.13. The maximum atomic E-state index is 11.3. The van der Waals surface area contributed by atoms with E-state index in [4.69, 9.17) is 0 Å². The van der Waals surface area contributed by atoms with Crippen LogP contribution >= 0.6 is 0 Å². The van der Waals surface area contributed by atoms with Crippen LogP contribution in [0.25, 0.3) is 0 Å². The number of Topliss-reactive ketones (excluding diaryl/α,β-unsaturated/α-hetero) is 1. The molecule has 3 heteroatoms. The molecule has 0 rings (SSSR count). The summed E-state index contributed by atoms with van der Waals surface area (Å²) in [6.45, 7) is 5.48. The van der Waals surface area contributed by atoms with Crippen molar-refractivity contribution in [3.8, 4) is 0 Å². The second kappa shape index (κ2) is 6.78. The number of carbonyl (C=O) groups is 1. The van der Waals surface area contributed by atoms with Gasteiger partial charge in [0.1, 0.15) is 0 Å². The first kappa shape index (κ1) is 12.3. The van der Waals surface area contributed by atoms with E-state index in [1.54, 1.807) is 0 Å². The summed E-state index contributed by atoms with van der Waals surface area (Å²) in [6, 6.07) is 0. The molecule has 0 atom stereocenters. The maximum Gasteiger partial charge on any atom is 0.176 e. The summed E-state index contributed by atoms with van der Waals surface area (Å²) in [5.41, 5.74) is 0.740. The fourth-order valence-corrected chi connectivity index (χ4v) is 0.986. The van der Waals surface area contributed by atoms with E-state index >= 15 is 0 Å². The lowest BCUT2D eigenvalue weighted by molar-refractivity contribution is -0.112. The Morgan fingerprint density at radius 2 is 1.85 bits per heavy atom. The zero-order chi connectivity index (χ0) is 10.3. The standard InChI is InChI=1S/C10H20N2O/c1-5-9(10(13)6-2)11-7-8-12(3)4/h5-8H2,1-4H3. The lowest BCUT2D eigenvalue weighted by Crippen LogP contribution is -2.18. The van der Waals surface area contributed by atoms with E-state index in [2.05, 4.69) is 9.89 Å². The van der Waals surface area contributed by atoms with Gasteiger partial charge in [0, 0.05) is 13.0 Å². The molecule has 0 unspecified atom stereocenters. The van der Waals surface area contributed by atoms with E-state index in [0.717, 1.165) is 25.2 Å². The molecule has 76 valence electrons. The molecule has 0 N–H and O–H groups in total. The van der Waals surface area contributed by atoms with Gasteiger partial charge in [-0.2, -0.15) is 0 Å². The number of nitrogens with zero attached hydrogens (tertiary/aromatic N) is 2. The van der Waals surface area contributed by atoms with Crippen molar-refractivity contribution in [1.29, 1.82) is 0 Å². The number of carbonyl (C=O) groups excluding carboxylic acids is 1. The smallest absolute Gasteiger partial charge is 0.176 e. The Labute approximate surface area is 80.8 Å². The minimum absolute atomic E-state index is 0.182. The molecule has 0 bridgehead atoms. The highest BCUT2D eigenvalue weighted by Gasteiger charge is 2.05. The third-order valence-corrected chi connectivity index (χ3v) is 1.83. The summed E-state index contributed by atoms with van der Waals surface area (Å²) in [7, 11) is 4.01. The van der Waals surface area contributed by atoms with E-state index in [9.17, 15) is 4.79 Å². The van der Waals surface area contributed by atoms with Gasteiger partial charge in [-0.1, -0.05) is 13.8 Å². The molecule has 0 fully saturated rings. The molecule has 0 aliphatic rings. The van der Waals surface area contributed by atoms with Crippen LogP contribution in [0.15, 0.2) is 4.99 Å². The van der Waals surface area contributed by atoms with Gasteiger partial charge in [0.2, 0.25) is 0 Å². The molecule has 0 aliphatic heterocycles. The first-order valence-corrected chi connectivity index (χ1v) is 4.83. The zero-order valence-electron chi connectivity index (χ0n) is 9.13. The molecule has 0 spiro atoms. The van der Waals surface area contributed by atoms with Crippen molar-refractivity contribution in [1.82, 2.24) is 4.90 Å². The van der Waals surface area contributed by atoms with Gasteiger partial charge in [0.15, 0.2) is 5.78 Å². The molecule has 0 radical (unpaired) electrons. The highest BCUT2D eigenvalue weighted by Crippen LogP contribution is 1.93.